The Kier molecular flexibility index (Phi) is 4.92. The molecule has 0 amide bonds. The molecule has 0 aliphatic rings. The maximum Gasteiger partial charge on any atom is 0.141 e. The van der Waals surface area contributed by atoms with Gasteiger partial charge in [-0.3, -0.25) is 0 Å². The molecule has 70 valence electrons. The second-order valence-corrected chi connectivity index (χ2v) is 2.33. The summed E-state index contributed by atoms with van der Waals surface area (Å²) >= 11 is 0. The van der Waals surface area contributed by atoms with Gasteiger partial charge in [0.2, 0.25) is 0 Å². The van der Waals surface area contributed by atoms with Crippen LogP contribution in [0.4, 0.5) is 5.82 Å². The van der Waals surface area contributed by atoms with Gasteiger partial charge in [0.25, 0.3) is 0 Å². The fraction of sp³-hybridized carbons (Fsp3) is 0.571. The lowest BCUT2D eigenvalue weighted by Crippen LogP contribution is -2.13. The first kappa shape index (κ1) is 11.4. The van der Waals surface area contributed by atoms with Crippen molar-refractivity contribution in [3.05, 3.63) is 11.8 Å². The zero-order valence-electron chi connectivity index (χ0n) is 7.37. The molecule has 1 aromatic rings. The van der Waals surface area contributed by atoms with Gasteiger partial charge in [-0.05, 0) is 13.3 Å². The SMILES string of the molecule is Br.CCc1cnn(CC)c1NN. The van der Waals surface area contributed by atoms with Crippen LogP contribution in [0.25, 0.3) is 0 Å². The standard InChI is InChI=1S/C7H14N4.BrH/c1-3-6-5-9-11(4-2)7(6)10-8;/h5,10H,3-4,8H2,1-2H3;1H. The first-order valence-electron chi connectivity index (χ1n) is 3.84. The number of hydrazine groups is 1. The summed E-state index contributed by atoms with van der Waals surface area (Å²) in [5.74, 6) is 6.26. The summed E-state index contributed by atoms with van der Waals surface area (Å²) in [7, 11) is 0. The number of hydrogen-bond acceptors (Lipinski definition) is 3. The quantitative estimate of drug-likeness (QED) is 0.613. The van der Waals surface area contributed by atoms with Gasteiger partial charge in [-0.1, -0.05) is 6.92 Å². The molecule has 5 heteroatoms. The van der Waals surface area contributed by atoms with Crippen LogP contribution in [-0.4, -0.2) is 9.78 Å². The summed E-state index contributed by atoms with van der Waals surface area (Å²) in [5.41, 5.74) is 3.81. The van der Waals surface area contributed by atoms with Crippen molar-refractivity contribution in [3.8, 4) is 0 Å². The molecule has 0 radical (unpaired) electrons. The van der Waals surface area contributed by atoms with Gasteiger partial charge in [0.15, 0.2) is 0 Å². The third-order valence-electron chi connectivity index (χ3n) is 1.73. The van der Waals surface area contributed by atoms with Crippen LogP contribution in [-0.2, 0) is 13.0 Å². The smallest absolute Gasteiger partial charge is 0.141 e. The highest BCUT2D eigenvalue weighted by Crippen LogP contribution is 2.13. The third kappa shape index (κ3) is 1.98. The number of rotatable bonds is 3. The van der Waals surface area contributed by atoms with Crippen molar-refractivity contribution in [3.63, 3.8) is 0 Å². The van der Waals surface area contributed by atoms with Crippen LogP contribution >= 0.6 is 17.0 Å². The van der Waals surface area contributed by atoms with E-state index in [2.05, 4.69) is 17.4 Å². The summed E-state index contributed by atoms with van der Waals surface area (Å²) < 4.78 is 1.85. The largest absolute Gasteiger partial charge is 0.308 e. The fourth-order valence-corrected chi connectivity index (χ4v) is 1.09. The van der Waals surface area contributed by atoms with E-state index >= 15 is 0 Å². The van der Waals surface area contributed by atoms with Gasteiger partial charge in [0, 0.05) is 12.1 Å². The van der Waals surface area contributed by atoms with Gasteiger partial charge in [0.1, 0.15) is 5.82 Å². The zero-order chi connectivity index (χ0) is 8.27. The van der Waals surface area contributed by atoms with Gasteiger partial charge in [-0.25, -0.2) is 10.5 Å². The second kappa shape index (κ2) is 5.16. The molecule has 0 atom stereocenters. The number of aryl methyl sites for hydroxylation is 2. The summed E-state index contributed by atoms with van der Waals surface area (Å²) in [4.78, 5) is 0. The zero-order valence-corrected chi connectivity index (χ0v) is 9.08. The molecule has 1 aromatic heterocycles. The van der Waals surface area contributed by atoms with Crippen LogP contribution in [0.15, 0.2) is 6.20 Å². The molecule has 0 aromatic carbocycles. The second-order valence-electron chi connectivity index (χ2n) is 2.33. The summed E-state index contributed by atoms with van der Waals surface area (Å²) in [6.45, 7) is 4.96. The lowest BCUT2D eigenvalue weighted by molar-refractivity contribution is 0.665. The third-order valence-corrected chi connectivity index (χ3v) is 1.73. The Morgan fingerprint density at radius 1 is 1.58 bits per heavy atom. The van der Waals surface area contributed by atoms with Crippen LogP contribution in [0.1, 0.15) is 19.4 Å². The van der Waals surface area contributed by atoms with E-state index in [0.29, 0.717) is 0 Å². The topological polar surface area (TPSA) is 55.9 Å². The predicted molar refractivity (Wildman–Crippen MR) is 55.4 cm³/mol. The van der Waals surface area contributed by atoms with Crippen LogP contribution < -0.4 is 11.3 Å². The molecular formula is C7H15BrN4. The lowest BCUT2D eigenvalue weighted by Gasteiger charge is -2.04. The number of halogens is 1. The van der Waals surface area contributed by atoms with Gasteiger partial charge in [0.05, 0.1) is 6.20 Å². The molecular weight excluding hydrogens is 220 g/mol. The summed E-state index contributed by atoms with van der Waals surface area (Å²) in [5, 5.41) is 4.15. The fourth-order valence-electron chi connectivity index (χ4n) is 1.09. The van der Waals surface area contributed by atoms with Crippen LogP contribution in [0.3, 0.4) is 0 Å². The Morgan fingerprint density at radius 2 is 2.25 bits per heavy atom. The Morgan fingerprint density at radius 3 is 2.67 bits per heavy atom. The molecule has 3 N–H and O–H groups in total. The first-order chi connectivity index (χ1) is 5.33. The van der Waals surface area contributed by atoms with Gasteiger partial charge in [-0.2, -0.15) is 5.10 Å². The average Bonchev–Trinajstić information content (AvgIpc) is 2.45. The molecule has 4 nitrogen and oxygen atoms in total. The average molecular weight is 235 g/mol. The van der Waals surface area contributed by atoms with E-state index in [-0.39, 0.29) is 17.0 Å². The minimum absolute atomic E-state index is 0. The highest BCUT2D eigenvalue weighted by molar-refractivity contribution is 8.93. The normalized spacial score (nSPS) is 9.25. The number of nitrogen functional groups attached to an aromatic ring is 1. The molecule has 0 fully saturated rings. The van der Waals surface area contributed by atoms with Crippen molar-refractivity contribution in [1.29, 1.82) is 0 Å². The highest BCUT2D eigenvalue weighted by atomic mass is 79.9. The first-order valence-corrected chi connectivity index (χ1v) is 3.84. The van der Waals surface area contributed by atoms with Gasteiger partial charge >= 0.3 is 0 Å². The molecule has 0 unspecified atom stereocenters. The van der Waals surface area contributed by atoms with Gasteiger partial charge < -0.3 is 5.43 Å². The maximum absolute atomic E-state index is 5.34. The summed E-state index contributed by atoms with van der Waals surface area (Å²) in [6.07, 6.45) is 2.80. The van der Waals surface area contributed by atoms with E-state index in [1.165, 1.54) is 0 Å². The number of nitrogens with zero attached hydrogens (tertiary/aromatic N) is 2. The summed E-state index contributed by atoms with van der Waals surface area (Å²) in [6, 6.07) is 0. The van der Waals surface area contributed by atoms with Crippen LogP contribution in [0.2, 0.25) is 0 Å². The van der Waals surface area contributed by atoms with E-state index < -0.39 is 0 Å². The van der Waals surface area contributed by atoms with Crippen molar-refractivity contribution in [2.45, 2.75) is 26.8 Å². The lowest BCUT2D eigenvalue weighted by atomic mass is 10.2. The molecule has 1 rings (SSSR count). The number of nitrogens with one attached hydrogen (secondary N) is 1. The van der Waals surface area contributed by atoms with E-state index in [9.17, 15) is 0 Å². The van der Waals surface area contributed by atoms with Crippen molar-refractivity contribution in [2.24, 2.45) is 5.84 Å². The number of nitrogens with two attached hydrogens (primary N) is 1. The molecule has 12 heavy (non-hydrogen) atoms. The molecule has 0 aliphatic heterocycles. The Bertz CT molecular complexity index is 212. The van der Waals surface area contributed by atoms with E-state index in [1.54, 1.807) is 0 Å². The monoisotopic (exact) mass is 234 g/mol. The number of hydrogen-bond donors (Lipinski definition) is 2. The minimum atomic E-state index is 0. The molecule has 1 heterocycles. The van der Waals surface area contributed by atoms with Crippen LogP contribution in [0, 0.1) is 0 Å². The molecule has 0 saturated carbocycles. The van der Waals surface area contributed by atoms with Crippen molar-refractivity contribution in [2.75, 3.05) is 5.43 Å². The Hall–Kier alpha value is -0.550. The number of anilines is 1. The van der Waals surface area contributed by atoms with Gasteiger partial charge in [-0.15, -0.1) is 17.0 Å². The predicted octanol–water partition coefficient (Wildman–Crippen LogP) is 1.33. The molecule has 0 saturated heterocycles. The number of aromatic nitrogens is 2. The van der Waals surface area contributed by atoms with Crippen molar-refractivity contribution >= 4 is 22.8 Å². The Labute approximate surface area is 82.9 Å². The van der Waals surface area contributed by atoms with E-state index in [0.717, 1.165) is 24.3 Å². The molecule has 0 spiro atoms. The van der Waals surface area contributed by atoms with E-state index in [1.807, 2.05) is 17.8 Å². The molecule has 0 aliphatic carbocycles. The maximum atomic E-state index is 5.34. The van der Waals surface area contributed by atoms with Crippen molar-refractivity contribution in [1.82, 2.24) is 9.78 Å². The molecule has 0 bridgehead atoms. The van der Waals surface area contributed by atoms with Crippen molar-refractivity contribution < 1.29 is 0 Å². The minimum Gasteiger partial charge on any atom is -0.308 e. The van der Waals surface area contributed by atoms with Crippen LogP contribution in [0.5, 0.6) is 0 Å². The highest BCUT2D eigenvalue weighted by Gasteiger charge is 2.04. The van der Waals surface area contributed by atoms with E-state index in [4.69, 9.17) is 5.84 Å². The Balaban J connectivity index is 0.00000121.